The highest BCUT2D eigenvalue weighted by atomic mass is 35.5. The Morgan fingerprint density at radius 1 is 1.44 bits per heavy atom. The zero-order chi connectivity index (χ0) is 12.5. The highest BCUT2D eigenvalue weighted by molar-refractivity contribution is 6.32. The van der Waals surface area contributed by atoms with Crippen LogP contribution in [-0.2, 0) is 0 Å². The van der Waals surface area contributed by atoms with E-state index in [1.807, 2.05) is 0 Å². The summed E-state index contributed by atoms with van der Waals surface area (Å²) in [5.74, 6) is 1.57. The van der Waals surface area contributed by atoms with E-state index in [1.165, 1.54) is 24.8 Å². The highest BCUT2D eigenvalue weighted by Crippen LogP contribution is 2.28. The number of halogens is 1. The minimum absolute atomic E-state index is 0.467. The van der Waals surface area contributed by atoms with Crippen molar-refractivity contribution in [1.29, 1.82) is 0 Å². The number of pyridine rings is 1. The van der Waals surface area contributed by atoms with Gasteiger partial charge in [-0.1, -0.05) is 24.1 Å². The molecule has 1 atom stereocenters. The van der Waals surface area contributed by atoms with Crippen molar-refractivity contribution >= 4 is 17.1 Å². The smallest absolute Gasteiger partial charge is 0.155 e. The molecular formula is C14H18ClN3. The molecule has 0 aromatic carbocycles. The summed E-state index contributed by atoms with van der Waals surface area (Å²) in [6, 6.07) is 4.14. The van der Waals surface area contributed by atoms with Crippen molar-refractivity contribution in [2.75, 3.05) is 13.1 Å². The first-order valence-electron chi connectivity index (χ1n) is 6.61. The predicted octanol–water partition coefficient (Wildman–Crippen LogP) is 3.15. The summed E-state index contributed by atoms with van der Waals surface area (Å²) in [4.78, 5) is 4.60. The van der Waals surface area contributed by atoms with E-state index in [-0.39, 0.29) is 0 Å². The van der Waals surface area contributed by atoms with Crippen LogP contribution in [0.2, 0.25) is 5.15 Å². The fourth-order valence-corrected chi connectivity index (χ4v) is 3.13. The van der Waals surface area contributed by atoms with Crippen LogP contribution in [0.4, 0.5) is 0 Å². The number of nitrogens with zero attached hydrogens (tertiary/aromatic N) is 2. The summed E-state index contributed by atoms with van der Waals surface area (Å²) in [7, 11) is 0. The maximum Gasteiger partial charge on any atom is 0.155 e. The molecule has 1 saturated heterocycles. The van der Waals surface area contributed by atoms with Crippen molar-refractivity contribution < 1.29 is 0 Å². The van der Waals surface area contributed by atoms with Crippen LogP contribution in [0.5, 0.6) is 0 Å². The second kappa shape index (κ2) is 4.90. The number of fused-ring (bicyclic) bond motifs is 1. The van der Waals surface area contributed by atoms with Crippen LogP contribution in [0.1, 0.15) is 36.6 Å². The minimum Gasteiger partial charge on any atom is -0.316 e. The van der Waals surface area contributed by atoms with Gasteiger partial charge in [-0.05, 0) is 37.9 Å². The Morgan fingerprint density at radius 2 is 2.33 bits per heavy atom. The summed E-state index contributed by atoms with van der Waals surface area (Å²) < 4.78 is 2.16. The zero-order valence-corrected chi connectivity index (χ0v) is 11.4. The van der Waals surface area contributed by atoms with Crippen LogP contribution in [-0.4, -0.2) is 22.5 Å². The lowest BCUT2D eigenvalue weighted by atomic mass is 10.0. The van der Waals surface area contributed by atoms with Crippen molar-refractivity contribution in [3.63, 3.8) is 0 Å². The van der Waals surface area contributed by atoms with E-state index in [4.69, 9.17) is 11.6 Å². The molecule has 2 aromatic heterocycles. The molecule has 0 spiro atoms. The molecule has 0 amide bonds. The topological polar surface area (TPSA) is 29.3 Å². The van der Waals surface area contributed by atoms with E-state index in [1.54, 1.807) is 0 Å². The van der Waals surface area contributed by atoms with Gasteiger partial charge in [-0.15, -0.1) is 0 Å². The third-order valence-corrected chi connectivity index (χ3v) is 4.03. The molecule has 0 bridgehead atoms. The molecule has 3 heterocycles. The van der Waals surface area contributed by atoms with Gasteiger partial charge in [0.15, 0.2) is 5.15 Å². The SMILES string of the molecule is Cc1cccn2c(C3CCCCNC3)nc(Cl)c12. The molecule has 1 aliphatic rings. The molecule has 96 valence electrons. The molecule has 2 aromatic rings. The van der Waals surface area contributed by atoms with E-state index in [0.717, 1.165) is 24.4 Å². The van der Waals surface area contributed by atoms with Gasteiger partial charge < -0.3 is 9.72 Å². The van der Waals surface area contributed by atoms with Gasteiger partial charge in [-0.2, -0.15) is 0 Å². The highest BCUT2D eigenvalue weighted by Gasteiger charge is 2.21. The molecule has 4 heteroatoms. The van der Waals surface area contributed by atoms with Gasteiger partial charge in [0, 0.05) is 18.7 Å². The van der Waals surface area contributed by atoms with Crippen LogP contribution in [0.3, 0.4) is 0 Å². The van der Waals surface area contributed by atoms with Crippen LogP contribution in [0, 0.1) is 6.92 Å². The molecule has 3 rings (SSSR count). The first-order chi connectivity index (χ1) is 8.77. The number of imidazole rings is 1. The van der Waals surface area contributed by atoms with Gasteiger partial charge in [-0.25, -0.2) is 4.98 Å². The lowest BCUT2D eigenvalue weighted by molar-refractivity contribution is 0.576. The van der Waals surface area contributed by atoms with E-state index in [9.17, 15) is 0 Å². The maximum atomic E-state index is 6.29. The van der Waals surface area contributed by atoms with Crippen LogP contribution in [0.25, 0.3) is 5.52 Å². The molecule has 0 radical (unpaired) electrons. The first kappa shape index (κ1) is 12.0. The predicted molar refractivity (Wildman–Crippen MR) is 74.4 cm³/mol. The number of hydrogen-bond acceptors (Lipinski definition) is 2. The van der Waals surface area contributed by atoms with Crippen LogP contribution >= 0.6 is 11.6 Å². The summed E-state index contributed by atoms with van der Waals surface area (Å²) >= 11 is 6.29. The second-order valence-electron chi connectivity index (χ2n) is 5.07. The lowest BCUT2D eigenvalue weighted by Crippen LogP contribution is -2.20. The van der Waals surface area contributed by atoms with Gasteiger partial charge in [-0.3, -0.25) is 0 Å². The Balaban J connectivity index is 2.08. The molecule has 3 nitrogen and oxygen atoms in total. The standard InChI is InChI=1S/C14H18ClN3/c1-10-5-4-8-18-12(10)13(15)17-14(18)11-6-2-3-7-16-9-11/h4-5,8,11,16H,2-3,6-7,9H2,1H3. The molecule has 0 saturated carbocycles. The van der Waals surface area contributed by atoms with Crippen molar-refractivity contribution in [1.82, 2.24) is 14.7 Å². The van der Waals surface area contributed by atoms with Gasteiger partial charge in [0.1, 0.15) is 5.82 Å². The summed E-state index contributed by atoms with van der Waals surface area (Å²) in [6.45, 7) is 4.20. The van der Waals surface area contributed by atoms with Crippen molar-refractivity contribution in [3.05, 3.63) is 34.9 Å². The number of hydrogen-bond donors (Lipinski definition) is 1. The second-order valence-corrected chi connectivity index (χ2v) is 5.43. The normalized spacial score (nSPS) is 21.1. The van der Waals surface area contributed by atoms with Crippen molar-refractivity contribution in [2.24, 2.45) is 0 Å². The van der Waals surface area contributed by atoms with Crippen LogP contribution < -0.4 is 5.32 Å². The maximum absolute atomic E-state index is 6.29. The third-order valence-electron chi connectivity index (χ3n) is 3.76. The minimum atomic E-state index is 0.467. The molecule has 1 N–H and O–H groups in total. The van der Waals surface area contributed by atoms with Crippen molar-refractivity contribution in [2.45, 2.75) is 32.1 Å². The summed E-state index contributed by atoms with van der Waals surface area (Å²) in [5.41, 5.74) is 2.24. The largest absolute Gasteiger partial charge is 0.316 e. The quantitative estimate of drug-likeness (QED) is 0.856. The molecule has 0 aliphatic carbocycles. The monoisotopic (exact) mass is 263 g/mol. The van der Waals surface area contributed by atoms with Crippen LogP contribution in [0.15, 0.2) is 18.3 Å². The lowest BCUT2D eigenvalue weighted by Gasteiger charge is -2.13. The number of rotatable bonds is 1. The Hall–Kier alpha value is -1.06. The molecule has 18 heavy (non-hydrogen) atoms. The first-order valence-corrected chi connectivity index (χ1v) is 6.99. The average Bonchev–Trinajstić information content (AvgIpc) is 2.56. The van der Waals surface area contributed by atoms with E-state index < -0.39 is 0 Å². The third kappa shape index (κ3) is 2.02. The summed E-state index contributed by atoms with van der Waals surface area (Å²) in [5, 5.41) is 4.12. The molecule has 1 unspecified atom stereocenters. The van der Waals surface area contributed by atoms with Crippen molar-refractivity contribution in [3.8, 4) is 0 Å². The summed E-state index contributed by atoms with van der Waals surface area (Å²) in [6.07, 6.45) is 5.78. The Kier molecular flexibility index (Phi) is 3.27. The fourth-order valence-electron chi connectivity index (χ4n) is 2.80. The van der Waals surface area contributed by atoms with Gasteiger partial charge in [0.25, 0.3) is 0 Å². The average molecular weight is 264 g/mol. The van der Waals surface area contributed by atoms with E-state index in [0.29, 0.717) is 11.1 Å². The van der Waals surface area contributed by atoms with Gasteiger partial charge >= 0.3 is 0 Å². The Bertz CT molecular complexity index is 553. The van der Waals surface area contributed by atoms with E-state index >= 15 is 0 Å². The Labute approximate surface area is 112 Å². The van der Waals surface area contributed by atoms with Gasteiger partial charge in [0.2, 0.25) is 0 Å². The number of aryl methyl sites for hydroxylation is 1. The Morgan fingerprint density at radius 3 is 3.22 bits per heavy atom. The number of aromatic nitrogens is 2. The zero-order valence-electron chi connectivity index (χ0n) is 10.6. The molecule has 1 aliphatic heterocycles. The van der Waals surface area contributed by atoms with Gasteiger partial charge in [0.05, 0.1) is 5.52 Å². The molecular weight excluding hydrogens is 246 g/mol. The van der Waals surface area contributed by atoms with E-state index in [2.05, 4.69) is 40.0 Å². The molecule has 1 fully saturated rings. The fraction of sp³-hybridized carbons (Fsp3) is 0.500. The number of nitrogens with one attached hydrogen (secondary N) is 1.